The van der Waals surface area contributed by atoms with E-state index in [1.165, 1.54) is 25.3 Å². The van der Waals surface area contributed by atoms with Gasteiger partial charge in [-0.3, -0.25) is 0 Å². The van der Waals surface area contributed by atoms with E-state index in [1.807, 2.05) is 0 Å². The van der Waals surface area contributed by atoms with Crippen molar-refractivity contribution in [3.8, 4) is 22.6 Å². The molecule has 0 aliphatic heterocycles. The number of halogens is 3. The topological polar surface area (TPSA) is 38.7 Å². The largest absolute Gasteiger partial charge is 0.573 e. The van der Waals surface area contributed by atoms with Crippen molar-refractivity contribution in [1.82, 2.24) is 0 Å². The van der Waals surface area contributed by atoms with E-state index < -0.39 is 6.36 Å². The monoisotopic (exact) mass is 298 g/mol. The number of aliphatic hydroxyl groups is 1. The molecule has 0 radical (unpaired) electrons. The number of benzene rings is 2. The van der Waals surface area contributed by atoms with Gasteiger partial charge in [0.1, 0.15) is 11.5 Å². The van der Waals surface area contributed by atoms with Gasteiger partial charge in [-0.05, 0) is 29.3 Å². The van der Waals surface area contributed by atoms with Crippen molar-refractivity contribution in [2.24, 2.45) is 0 Å². The van der Waals surface area contributed by atoms with E-state index in [0.717, 1.165) is 5.56 Å². The SMILES string of the molecule is COc1cc(OC(F)(F)F)ccc1-c1cccc(CO)c1. The standard InChI is InChI=1S/C15H13F3O3/c1-20-14-8-12(21-15(16,17)18)5-6-13(14)11-4-2-3-10(7-11)9-19/h2-8,19H,9H2,1H3. The molecule has 0 heterocycles. The fraction of sp³-hybridized carbons (Fsp3) is 0.200. The molecule has 2 rings (SSSR count). The van der Waals surface area contributed by atoms with Gasteiger partial charge in [-0.2, -0.15) is 0 Å². The predicted molar refractivity (Wildman–Crippen MR) is 71.0 cm³/mol. The molecule has 0 aliphatic rings. The van der Waals surface area contributed by atoms with E-state index >= 15 is 0 Å². The number of hydrogen-bond acceptors (Lipinski definition) is 3. The van der Waals surface area contributed by atoms with Crippen molar-refractivity contribution in [3.63, 3.8) is 0 Å². The van der Waals surface area contributed by atoms with Crippen LogP contribution in [-0.2, 0) is 6.61 Å². The Morgan fingerprint density at radius 3 is 2.48 bits per heavy atom. The predicted octanol–water partition coefficient (Wildman–Crippen LogP) is 3.75. The average molecular weight is 298 g/mol. The van der Waals surface area contributed by atoms with E-state index in [-0.39, 0.29) is 18.1 Å². The summed E-state index contributed by atoms with van der Waals surface area (Å²) in [5, 5.41) is 9.13. The van der Waals surface area contributed by atoms with E-state index in [2.05, 4.69) is 4.74 Å². The van der Waals surface area contributed by atoms with Gasteiger partial charge in [-0.15, -0.1) is 13.2 Å². The quantitative estimate of drug-likeness (QED) is 0.934. The van der Waals surface area contributed by atoms with Crippen LogP contribution in [0.3, 0.4) is 0 Å². The smallest absolute Gasteiger partial charge is 0.496 e. The summed E-state index contributed by atoms with van der Waals surface area (Å²) in [4.78, 5) is 0. The highest BCUT2D eigenvalue weighted by molar-refractivity contribution is 5.72. The second kappa shape index (κ2) is 6.05. The summed E-state index contributed by atoms with van der Waals surface area (Å²) in [6.07, 6.45) is -4.75. The zero-order valence-electron chi connectivity index (χ0n) is 11.1. The molecule has 3 nitrogen and oxygen atoms in total. The Hall–Kier alpha value is -2.21. The molecule has 0 aromatic heterocycles. The molecular weight excluding hydrogens is 285 g/mol. The maximum absolute atomic E-state index is 12.2. The Morgan fingerprint density at radius 2 is 1.86 bits per heavy atom. The Morgan fingerprint density at radius 1 is 1.10 bits per heavy atom. The van der Waals surface area contributed by atoms with Crippen LogP contribution >= 0.6 is 0 Å². The summed E-state index contributed by atoms with van der Waals surface area (Å²) in [5.41, 5.74) is 2.05. The molecule has 2 aromatic carbocycles. The Balaban J connectivity index is 2.40. The molecular formula is C15H13F3O3. The fourth-order valence-electron chi connectivity index (χ4n) is 1.94. The molecule has 0 aliphatic carbocycles. The van der Waals surface area contributed by atoms with Gasteiger partial charge < -0.3 is 14.6 Å². The van der Waals surface area contributed by atoms with Crippen LogP contribution < -0.4 is 9.47 Å². The van der Waals surface area contributed by atoms with Gasteiger partial charge in [0.05, 0.1) is 13.7 Å². The number of aliphatic hydroxyl groups excluding tert-OH is 1. The molecule has 0 saturated heterocycles. The van der Waals surface area contributed by atoms with Crippen LogP contribution in [0.15, 0.2) is 42.5 Å². The van der Waals surface area contributed by atoms with Crippen LogP contribution in [0.1, 0.15) is 5.56 Å². The van der Waals surface area contributed by atoms with Gasteiger partial charge in [0.2, 0.25) is 0 Å². The van der Waals surface area contributed by atoms with Crippen LogP contribution in [-0.4, -0.2) is 18.6 Å². The van der Waals surface area contributed by atoms with E-state index in [4.69, 9.17) is 9.84 Å². The van der Waals surface area contributed by atoms with Gasteiger partial charge in [-0.1, -0.05) is 18.2 Å². The molecule has 2 aromatic rings. The third-order valence-corrected chi connectivity index (χ3v) is 2.83. The summed E-state index contributed by atoms with van der Waals surface area (Å²) >= 11 is 0. The van der Waals surface area contributed by atoms with Gasteiger partial charge in [0.25, 0.3) is 0 Å². The first-order valence-electron chi connectivity index (χ1n) is 6.07. The van der Waals surface area contributed by atoms with Gasteiger partial charge >= 0.3 is 6.36 Å². The zero-order valence-corrected chi connectivity index (χ0v) is 11.1. The molecule has 0 atom stereocenters. The Bertz CT molecular complexity index is 624. The lowest BCUT2D eigenvalue weighted by Crippen LogP contribution is -2.17. The zero-order chi connectivity index (χ0) is 15.5. The molecule has 0 fully saturated rings. The number of methoxy groups -OCH3 is 1. The van der Waals surface area contributed by atoms with Crippen molar-refractivity contribution in [2.75, 3.05) is 7.11 Å². The van der Waals surface area contributed by atoms with Crippen molar-refractivity contribution < 1.29 is 27.8 Å². The maximum Gasteiger partial charge on any atom is 0.573 e. The number of ether oxygens (including phenoxy) is 2. The lowest BCUT2D eigenvalue weighted by molar-refractivity contribution is -0.274. The molecule has 0 saturated carbocycles. The van der Waals surface area contributed by atoms with Crippen molar-refractivity contribution in [1.29, 1.82) is 0 Å². The number of alkyl halides is 3. The fourth-order valence-corrected chi connectivity index (χ4v) is 1.94. The molecule has 0 amide bonds. The molecule has 1 N–H and O–H groups in total. The highest BCUT2D eigenvalue weighted by Crippen LogP contribution is 2.35. The molecule has 0 bridgehead atoms. The van der Waals surface area contributed by atoms with E-state index in [9.17, 15) is 13.2 Å². The lowest BCUT2D eigenvalue weighted by atomic mass is 10.0. The second-order valence-electron chi connectivity index (χ2n) is 4.27. The lowest BCUT2D eigenvalue weighted by Gasteiger charge is -2.13. The average Bonchev–Trinajstić information content (AvgIpc) is 2.45. The van der Waals surface area contributed by atoms with Crippen molar-refractivity contribution in [3.05, 3.63) is 48.0 Å². The summed E-state index contributed by atoms with van der Waals surface area (Å²) in [7, 11) is 1.37. The highest BCUT2D eigenvalue weighted by Gasteiger charge is 2.31. The summed E-state index contributed by atoms with van der Waals surface area (Å²) < 4.78 is 45.6. The molecule has 6 heteroatoms. The van der Waals surface area contributed by atoms with Crippen LogP contribution in [0.2, 0.25) is 0 Å². The molecule has 112 valence electrons. The normalized spacial score (nSPS) is 11.3. The molecule has 0 spiro atoms. The number of rotatable bonds is 4. The minimum Gasteiger partial charge on any atom is -0.496 e. The Labute approximate surface area is 119 Å². The maximum atomic E-state index is 12.2. The highest BCUT2D eigenvalue weighted by atomic mass is 19.4. The second-order valence-corrected chi connectivity index (χ2v) is 4.27. The van der Waals surface area contributed by atoms with Crippen LogP contribution in [0, 0.1) is 0 Å². The third kappa shape index (κ3) is 3.88. The van der Waals surface area contributed by atoms with Crippen LogP contribution in [0.25, 0.3) is 11.1 Å². The molecule has 0 unspecified atom stereocenters. The van der Waals surface area contributed by atoms with Gasteiger partial charge in [-0.25, -0.2) is 0 Å². The van der Waals surface area contributed by atoms with E-state index in [0.29, 0.717) is 11.1 Å². The third-order valence-electron chi connectivity index (χ3n) is 2.83. The van der Waals surface area contributed by atoms with Crippen molar-refractivity contribution in [2.45, 2.75) is 13.0 Å². The minimum absolute atomic E-state index is 0.120. The van der Waals surface area contributed by atoms with Crippen molar-refractivity contribution >= 4 is 0 Å². The number of hydrogen-bond donors (Lipinski definition) is 1. The Kier molecular flexibility index (Phi) is 4.37. The van der Waals surface area contributed by atoms with Gasteiger partial charge in [0, 0.05) is 11.6 Å². The first-order chi connectivity index (χ1) is 9.93. The summed E-state index contributed by atoms with van der Waals surface area (Å²) in [6.45, 7) is -0.120. The summed E-state index contributed by atoms with van der Waals surface area (Å²) in [5.74, 6) is -0.0896. The van der Waals surface area contributed by atoms with Crippen LogP contribution in [0.5, 0.6) is 11.5 Å². The first kappa shape index (κ1) is 15.2. The first-order valence-corrected chi connectivity index (χ1v) is 6.07. The van der Waals surface area contributed by atoms with E-state index in [1.54, 1.807) is 24.3 Å². The summed E-state index contributed by atoms with van der Waals surface area (Å²) in [6, 6.07) is 10.9. The van der Waals surface area contributed by atoms with Gasteiger partial charge in [0.15, 0.2) is 0 Å². The minimum atomic E-state index is -4.75. The van der Waals surface area contributed by atoms with Crippen LogP contribution in [0.4, 0.5) is 13.2 Å². The molecule has 21 heavy (non-hydrogen) atoms.